The number of hydrogen-bond acceptors (Lipinski definition) is 4. The van der Waals surface area contributed by atoms with Crippen LogP contribution < -0.4 is 14.8 Å². The van der Waals surface area contributed by atoms with Crippen LogP contribution in [0.1, 0.15) is 36.6 Å². The predicted octanol–water partition coefficient (Wildman–Crippen LogP) is 5.59. The maximum Gasteiger partial charge on any atom is 0.262 e. The second-order valence-corrected chi connectivity index (χ2v) is 7.29. The van der Waals surface area contributed by atoms with Crippen molar-refractivity contribution in [1.29, 1.82) is 5.26 Å². The van der Waals surface area contributed by atoms with Gasteiger partial charge < -0.3 is 14.8 Å². The minimum Gasteiger partial charge on any atom is -0.490 e. The first-order chi connectivity index (χ1) is 16.0. The molecule has 5 nitrogen and oxygen atoms in total. The summed E-state index contributed by atoms with van der Waals surface area (Å²) in [5, 5.41) is 12.4. The Bertz CT molecular complexity index is 1170. The summed E-state index contributed by atoms with van der Waals surface area (Å²) >= 11 is 0. The molecule has 1 unspecified atom stereocenters. The Labute approximate surface area is 193 Å². The van der Waals surface area contributed by atoms with Crippen LogP contribution in [0.3, 0.4) is 0 Å². The van der Waals surface area contributed by atoms with Crippen LogP contribution in [-0.2, 0) is 11.4 Å². The molecule has 0 radical (unpaired) electrons. The van der Waals surface area contributed by atoms with Gasteiger partial charge >= 0.3 is 0 Å². The van der Waals surface area contributed by atoms with Crippen LogP contribution in [0.25, 0.3) is 6.08 Å². The van der Waals surface area contributed by atoms with Gasteiger partial charge in [-0.2, -0.15) is 5.26 Å². The molecule has 0 spiro atoms. The highest BCUT2D eigenvalue weighted by Gasteiger charge is 2.15. The molecule has 3 aromatic rings. The molecule has 1 amide bonds. The number of benzene rings is 3. The Balaban J connectivity index is 1.76. The van der Waals surface area contributed by atoms with Gasteiger partial charge in [-0.05, 0) is 49.2 Å². The number of nitrogens with zero attached hydrogens (tertiary/aromatic N) is 1. The van der Waals surface area contributed by atoms with Crippen molar-refractivity contribution in [2.45, 2.75) is 26.5 Å². The van der Waals surface area contributed by atoms with Crippen LogP contribution in [0.4, 0.5) is 4.39 Å². The number of nitrogens with one attached hydrogen (secondary N) is 1. The second kappa shape index (κ2) is 11.5. The SMILES string of the molecule is CCOc1cc(/C=C(\C#N)C(=O)NC(C)c2ccccc2)ccc1OCc1ccccc1F. The third kappa shape index (κ3) is 6.44. The lowest BCUT2D eigenvalue weighted by Gasteiger charge is -2.14. The standard InChI is InChI=1S/C27H25FN2O3/c1-3-32-26-16-20(13-14-25(26)33-18-22-11-7-8-12-24(22)28)15-23(17-29)27(31)30-19(2)21-9-5-4-6-10-21/h4-16,19H,3,18H2,1-2H3,(H,30,31)/b23-15+. The molecule has 0 aromatic heterocycles. The molecule has 6 heteroatoms. The van der Waals surface area contributed by atoms with E-state index in [9.17, 15) is 14.4 Å². The Kier molecular flexibility index (Phi) is 8.20. The average Bonchev–Trinajstić information content (AvgIpc) is 2.83. The van der Waals surface area contributed by atoms with Crippen molar-refractivity contribution >= 4 is 12.0 Å². The van der Waals surface area contributed by atoms with Crippen molar-refractivity contribution < 1.29 is 18.7 Å². The van der Waals surface area contributed by atoms with Crippen LogP contribution in [0, 0.1) is 17.1 Å². The number of hydrogen-bond donors (Lipinski definition) is 1. The van der Waals surface area contributed by atoms with Crippen LogP contribution in [0.15, 0.2) is 78.4 Å². The summed E-state index contributed by atoms with van der Waals surface area (Å²) in [7, 11) is 0. The highest BCUT2D eigenvalue weighted by Crippen LogP contribution is 2.30. The zero-order chi connectivity index (χ0) is 23.6. The minimum atomic E-state index is -0.466. The molecule has 0 aliphatic carbocycles. The van der Waals surface area contributed by atoms with E-state index in [4.69, 9.17) is 9.47 Å². The number of halogens is 1. The third-order valence-corrected chi connectivity index (χ3v) is 4.93. The smallest absolute Gasteiger partial charge is 0.262 e. The van der Waals surface area contributed by atoms with Gasteiger partial charge in [-0.1, -0.05) is 54.6 Å². The summed E-state index contributed by atoms with van der Waals surface area (Å²) in [6.07, 6.45) is 1.50. The molecule has 3 aromatic carbocycles. The van der Waals surface area contributed by atoms with Crippen LogP contribution in [-0.4, -0.2) is 12.5 Å². The molecule has 33 heavy (non-hydrogen) atoms. The molecule has 0 aliphatic heterocycles. The lowest BCUT2D eigenvalue weighted by atomic mass is 10.1. The van der Waals surface area contributed by atoms with E-state index in [1.54, 1.807) is 36.4 Å². The molecule has 0 aliphatic rings. The molecular weight excluding hydrogens is 419 g/mol. The van der Waals surface area contributed by atoms with E-state index >= 15 is 0 Å². The lowest BCUT2D eigenvalue weighted by molar-refractivity contribution is -0.117. The number of rotatable bonds is 9. The summed E-state index contributed by atoms with van der Waals surface area (Å²) in [5.74, 6) is 0.0759. The van der Waals surface area contributed by atoms with Crippen molar-refractivity contribution in [3.63, 3.8) is 0 Å². The van der Waals surface area contributed by atoms with Gasteiger partial charge in [0.25, 0.3) is 5.91 Å². The predicted molar refractivity (Wildman–Crippen MR) is 125 cm³/mol. The minimum absolute atomic E-state index is 0.0275. The monoisotopic (exact) mass is 444 g/mol. The summed E-state index contributed by atoms with van der Waals surface area (Å²) < 4.78 is 25.3. The van der Waals surface area contributed by atoms with Crippen LogP contribution >= 0.6 is 0 Å². The van der Waals surface area contributed by atoms with Crippen molar-refractivity contribution in [3.05, 3.63) is 101 Å². The topological polar surface area (TPSA) is 71.3 Å². The fraction of sp³-hybridized carbons (Fsp3) is 0.185. The number of ether oxygens (including phenoxy) is 2. The Morgan fingerprint density at radius 2 is 1.79 bits per heavy atom. The van der Waals surface area contributed by atoms with Crippen molar-refractivity contribution in [3.8, 4) is 17.6 Å². The van der Waals surface area contributed by atoms with Gasteiger partial charge in [0, 0.05) is 5.56 Å². The number of carbonyl (C=O) groups excluding carboxylic acids is 1. The average molecular weight is 445 g/mol. The zero-order valence-corrected chi connectivity index (χ0v) is 18.5. The van der Waals surface area contributed by atoms with E-state index in [-0.39, 0.29) is 24.0 Å². The van der Waals surface area contributed by atoms with Gasteiger partial charge in [0.1, 0.15) is 24.1 Å². The maximum absolute atomic E-state index is 13.9. The Morgan fingerprint density at radius 1 is 1.06 bits per heavy atom. The van der Waals surface area contributed by atoms with E-state index < -0.39 is 5.91 Å². The quantitative estimate of drug-likeness (QED) is 0.345. The fourth-order valence-corrected chi connectivity index (χ4v) is 3.19. The van der Waals surface area contributed by atoms with Crippen molar-refractivity contribution in [1.82, 2.24) is 5.32 Å². The van der Waals surface area contributed by atoms with E-state index in [2.05, 4.69) is 5.32 Å². The normalized spacial score (nSPS) is 11.9. The van der Waals surface area contributed by atoms with E-state index in [1.165, 1.54) is 12.1 Å². The highest BCUT2D eigenvalue weighted by molar-refractivity contribution is 6.01. The van der Waals surface area contributed by atoms with Gasteiger partial charge in [0.05, 0.1) is 12.6 Å². The molecule has 1 N–H and O–H groups in total. The van der Waals surface area contributed by atoms with Gasteiger partial charge in [0.2, 0.25) is 0 Å². The lowest BCUT2D eigenvalue weighted by Crippen LogP contribution is -2.27. The number of carbonyl (C=O) groups is 1. The van der Waals surface area contributed by atoms with E-state index in [0.29, 0.717) is 29.2 Å². The summed E-state index contributed by atoms with van der Waals surface area (Å²) in [5.41, 5.74) is 1.95. The maximum atomic E-state index is 13.9. The molecule has 0 heterocycles. The largest absolute Gasteiger partial charge is 0.490 e. The van der Waals surface area contributed by atoms with E-state index in [1.807, 2.05) is 50.2 Å². The van der Waals surface area contributed by atoms with Gasteiger partial charge in [0.15, 0.2) is 11.5 Å². The zero-order valence-electron chi connectivity index (χ0n) is 18.5. The molecule has 0 bridgehead atoms. The number of nitriles is 1. The van der Waals surface area contributed by atoms with E-state index in [0.717, 1.165) is 5.56 Å². The third-order valence-electron chi connectivity index (χ3n) is 4.93. The molecule has 0 saturated heterocycles. The molecule has 3 rings (SSSR count). The van der Waals surface area contributed by atoms with Gasteiger partial charge in [-0.15, -0.1) is 0 Å². The van der Waals surface area contributed by atoms with Gasteiger partial charge in [-0.3, -0.25) is 4.79 Å². The first kappa shape index (κ1) is 23.6. The van der Waals surface area contributed by atoms with Crippen LogP contribution in [0.2, 0.25) is 0 Å². The second-order valence-electron chi connectivity index (χ2n) is 7.29. The molecule has 1 atom stereocenters. The Hall–Kier alpha value is -4.11. The van der Waals surface area contributed by atoms with Gasteiger partial charge in [-0.25, -0.2) is 4.39 Å². The summed E-state index contributed by atoms with van der Waals surface area (Å²) in [6.45, 7) is 4.13. The molecular formula is C27H25FN2O3. The summed E-state index contributed by atoms with van der Waals surface area (Å²) in [6, 6.07) is 22.7. The van der Waals surface area contributed by atoms with Crippen LogP contribution in [0.5, 0.6) is 11.5 Å². The first-order valence-electron chi connectivity index (χ1n) is 10.6. The highest BCUT2D eigenvalue weighted by atomic mass is 19.1. The molecule has 0 fully saturated rings. The molecule has 0 saturated carbocycles. The summed E-state index contributed by atoms with van der Waals surface area (Å²) in [4.78, 5) is 12.6. The number of amides is 1. The fourth-order valence-electron chi connectivity index (χ4n) is 3.19. The molecule has 168 valence electrons. The van der Waals surface area contributed by atoms with Crippen molar-refractivity contribution in [2.75, 3.05) is 6.61 Å². The van der Waals surface area contributed by atoms with Crippen molar-refractivity contribution in [2.24, 2.45) is 0 Å². The Morgan fingerprint density at radius 3 is 2.48 bits per heavy atom. The first-order valence-corrected chi connectivity index (χ1v) is 10.6.